The Hall–Kier alpha value is -2.86. The molecule has 2 rings (SSSR count). The Bertz CT molecular complexity index is 740. The van der Waals surface area contributed by atoms with Gasteiger partial charge in [0.2, 0.25) is 0 Å². The average Bonchev–Trinajstić information content (AvgIpc) is 2.58. The fourth-order valence-corrected chi connectivity index (χ4v) is 2.07. The molecular formula is C20H19NO2. The number of hydrogen-bond acceptors (Lipinski definition) is 3. The first-order valence-electron chi connectivity index (χ1n) is 7.53. The topological polar surface area (TPSA) is 50.1 Å². The molecular weight excluding hydrogens is 286 g/mol. The number of rotatable bonds is 6. The smallest absolute Gasteiger partial charge is 0.175 e. The summed E-state index contributed by atoms with van der Waals surface area (Å²) in [5.41, 5.74) is 2.03. The number of carbonyl (C=O) groups is 1. The molecule has 0 spiro atoms. The van der Waals surface area contributed by atoms with Crippen LogP contribution < -0.4 is 4.74 Å². The molecule has 0 saturated heterocycles. The van der Waals surface area contributed by atoms with Crippen LogP contribution in [0.5, 0.6) is 5.75 Å². The molecule has 0 unspecified atom stereocenters. The van der Waals surface area contributed by atoms with E-state index in [2.05, 4.69) is 0 Å². The van der Waals surface area contributed by atoms with Gasteiger partial charge in [-0.15, -0.1) is 0 Å². The summed E-state index contributed by atoms with van der Waals surface area (Å²) in [6.45, 7) is 4.05. The second kappa shape index (κ2) is 7.95. The monoisotopic (exact) mass is 305 g/mol. The van der Waals surface area contributed by atoms with E-state index in [1.54, 1.807) is 19.9 Å². The SMILES string of the molecule is CC(C)C(=O)C(C#N)=Cc1cccc(OCc2ccccc2)c1. The van der Waals surface area contributed by atoms with Crippen molar-refractivity contribution in [3.8, 4) is 11.8 Å². The van der Waals surface area contributed by atoms with Crippen LogP contribution in [0.3, 0.4) is 0 Å². The summed E-state index contributed by atoms with van der Waals surface area (Å²) in [6, 6.07) is 19.3. The van der Waals surface area contributed by atoms with E-state index in [1.807, 2.05) is 60.7 Å². The van der Waals surface area contributed by atoms with Gasteiger partial charge in [0, 0.05) is 5.92 Å². The zero-order chi connectivity index (χ0) is 16.7. The summed E-state index contributed by atoms with van der Waals surface area (Å²) in [4.78, 5) is 12.0. The van der Waals surface area contributed by atoms with Crippen molar-refractivity contribution < 1.29 is 9.53 Å². The molecule has 116 valence electrons. The average molecular weight is 305 g/mol. The lowest BCUT2D eigenvalue weighted by atomic mass is 10.00. The zero-order valence-electron chi connectivity index (χ0n) is 13.3. The molecule has 0 atom stereocenters. The lowest BCUT2D eigenvalue weighted by Gasteiger charge is -2.07. The first-order valence-corrected chi connectivity index (χ1v) is 7.53. The van der Waals surface area contributed by atoms with Gasteiger partial charge in [-0.2, -0.15) is 5.26 Å². The number of hydrogen-bond donors (Lipinski definition) is 0. The van der Waals surface area contributed by atoms with Crippen LogP contribution in [0.25, 0.3) is 6.08 Å². The van der Waals surface area contributed by atoms with E-state index in [1.165, 1.54) is 0 Å². The first-order chi connectivity index (χ1) is 11.1. The van der Waals surface area contributed by atoms with Gasteiger partial charge in [0.1, 0.15) is 18.4 Å². The van der Waals surface area contributed by atoms with E-state index < -0.39 is 0 Å². The second-order valence-corrected chi connectivity index (χ2v) is 5.54. The molecule has 3 nitrogen and oxygen atoms in total. The molecule has 23 heavy (non-hydrogen) atoms. The Morgan fingerprint density at radius 1 is 1.17 bits per heavy atom. The zero-order valence-corrected chi connectivity index (χ0v) is 13.3. The number of allylic oxidation sites excluding steroid dienone is 1. The lowest BCUT2D eigenvalue weighted by Crippen LogP contribution is -2.08. The molecule has 2 aromatic rings. The van der Waals surface area contributed by atoms with Crippen molar-refractivity contribution in [1.82, 2.24) is 0 Å². The van der Waals surface area contributed by atoms with Crippen molar-refractivity contribution in [2.75, 3.05) is 0 Å². The molecule has 0 saturated carbocycles. The van der Waals surface area contributed by atoms with E-state index in [0.717, 1.165) is 11.1 Å². The Morgan fingerprint density at radius 3 is 2.57 bits per heavy atom. The third-order valence-corrected chi connectivity index (χ3v) is 3.33. The van der Waals surface area contributed by atoms with Gasteiger partial charge in [-0.05, 0) is 29.3 Å². The van der Waals surface area contributed by atoms with Crippen LogP contribution in [0.15, 0.2) is 60.2 Å². The molecule has 0 aliphatic rings. The number of Topliss-reactive ketones (excluding diaryl/α,β-unsaturated/α-hetero) is 1. The van der Waals surface area contributed by atoms with Gasteiger partial charge in [-0.3, -0.25) is 4.79 Å². The quantitative estimate of drug-likeness (QED) is 0.587. The van der Waals surface area contributed by atoms with Crippen LogP contribution in [0.1, 0.15) is 25.0 Å². The molecule has 0 amide bonds. The molecule has 0 N–H and O–H groups in total. The predicted octanol–water partition coefficient (Wildman–Crippen LogP) is 4.40. The highest BCUT2D eigenvalue weighted by Gasteiger charge is 2.13. The summed E-state index contributed by atoms with van der Waals surface area (Å²) in [7, 11) is 0. The number of nitriles is 1. The second-order valence-electron chi connectivity index (χ2n) is 5.54. The molecule has 3 heteroatoms. The summed E-state index contributed by atoms with van der Waals surface area (Å²) in [6.07, 6.45) is 1.61. The molecule has 2 aromatic carbocycles. The maximum atomic E-state index is 12.0. The van der Waals surface area contributed by atoms with Crippen molar-refractivity contribution in [1.29, 1.82) is 5.26 Å². The van der Waals surface area contributed by atoms with Crippen molar-refractivity contribution in [3.63, 3.8) is 0 Å². The predicted molar refractivity (Wildman–Crippen MR) is 90.7 cm³/mol. The van der Waals surface area contributed by atoms with Crippen LogP contribution in [0, 0.1) is 17.2 Å². The highest BCUT2D eigenvalue weighted by atomic mass is 16.5. The van der Waals surface area contributed by atoms with Crippen molar-refractivity contribution in [3.05, 3.63) is 71.3 Å². The Balaban J connectivity index is 2.13. The van der Waals surface area contributed by atoms with E-state index in [4.69, 9.17) is 10.00 Å². The van der Waals surface area contributed by atoms with Crippen LogP contribution in [0.2, 0.25) is 0 Å². The van der Waals surface area contributed by atoms with Gasteiger partial charge >= 0.3 is 0 Å². The van der Waals surface area contributed by atoms with Crippen molar-refractivity contribution in [2.24, 2.45) is 5.92 Å². The lowest BCUT2D eigenvalue weighted by molar-refractivity contribution is -0.117. The molecule has 0 fully saturated rings. The maximum Gasteiger partial charge on any atom is 0.175 e. The van der Waals surface area contributed by atoms with Gasteiger partial charge in [-0.1, -0.05) is 56.3 Å². The molecule has 0 bridgehead atoms. The number of ether oxygens (including phenoxy) is 1. The summed E-state index contributed by atoms with van der Waals surface area (Å²) in [5, 5.41) is 9.16. The summed E-state index contributed by atoms with van der Waals surface area (Å²) < 4.78 is 5.76. The minimum atomic E-state index is -0.196. The first kappa shape index (κ1) is 16.5. The van der Waals surface area contributed by atoms with Crippen LogP contribution in [-0.2, 0) is 11.4 Å². The number of nitrogens with zero attached hydrogens (tertiary/aromatic N) is 1. The molecule has 0 aliphatic heterocycles. The minimum absolute atomic E-state index is 0.150. The van der Waals surface area contributed by atoms with E-state index in [-0.39, 0.29) is 17.3 Å². The molecule has 0 aromatic heterocycles. The van der Waals surface area contributed by atoms with E-state index >= 15 is 0 Å². The van der Waals surface area contributed by atoms with E-state index in [0.29, 0.717) is 12.4 Å². The van der Waals surface area contributed by atoms with Crippen molar-refractivity contribution in [2.45, 2.75) is 20.5 Å². The van der Waals surface area contributed by atoms with Crippen LogP contribution in [0.4, 0.5) is 0 Å². The fourth-order valence-electron chi connectivity index (χ4n) is 2.07. The Kier molecular flexibility index (Phi) is 5.71. The maximum absolute atomic E-state index is 12.0. The Labute approximate surface area is 136 Å². The number of benzene rings is 2. The van der Waals surface area contributed by atoms with Gasteiger partial charge < -0.3 is 4.74 Å². The van der Waals surface area contributed by atoms with Crippen LogP contribution in [-0.4, -0.2) is 5.78 Å². The molecule has 0 heterocycles. The summed E-state index contributed by atoms with van der Waals surface area (Å²) in [5.74, 6) is 0.360. The summed E-state index contributed by atoms with van der Waals surface area (Å²) >= 11 is 0. The van der Waals surface area contributed by atoms with Gasteiger partial charge in [0.25, 0.3) is 0 Å². The largest absolute Gasteiger partial charge is 0.489 e. The number of carbonyl (C=O) groups excluding carboxylic acids is 1. The fraction of sp³-hybridized carbons (Fsp3) is 0.200. The van der Waals surface area contributed by atoms with E-state index in [9.17, 15) is 4.79 Å². The van der Waals surface area contributed by atoms with Gasteiger partial charge in [0.15, 0.2) is 5.78 Å². The third kappa shape index (κ3) is 4.82. The van der Waals surface area contributed by atoms with Gasteiger partial charge in [0.05, 0.1) is 5.57 Å². The Morgan fingerprint density at radius 2 is 1.91 bits per heavy atom. The third-order valence-electron chi connectivity index (χ3n) is 3.33. The standard InChI is InChI=1S/C20H19NO2/c1-15(2)20(22)18(13-21)11-17-9-6-10-19(12-17)23-14-16-7-4-3-5-8-16/h3-12,15H,14H2,1-2H3. The van der Waals surface area contributed by atoms with Crippen molar-refractivity contribution >= 4 is 11.9 Å². The molecule has 0 radical (unpaired) electrons. The number of ketones is 1. The normalized spacial score (nSPS) is 11.1. The highest BCUT2D eigenvalue weighted by Crippen LogP contribution is 2.18. The highest BCUT2D eigenvalue weighted by molar-refractivity contribution is 6.04. The molecule has 0 aliphatic carbocycles. The van der Waals surface area contributed by atoms with Crippen LogP contribution >= 0.6 is 0 Å². The van der Waals surface area contributed by atoms with Gasteiger partial charge in [-0.25, -0.2) is 0 Å². The minimum Gasteiger partial charge on any atom is -0.489 e.